The van der Waals surface area contributed by atoms with E-state index in [2.05, 4.69) is 15.5 Å². The van der Waals surface area contributed by atoms with Crippen LogP contribution in [-0.4, -0.2) is 26.5 Å². The minimum atomic E-state index is -0.468. The summed E-state index contributed by atoms with van der Waals surface area (Å²) in [6.07, 6.45) is 0. The average molecular weight is 323 g/mol. The van der Waals surface area contributed by atoms with Crippen LogP contribution >= 0.6 is 11.8 Å². The third-order valence-corrected chi connectivity index (χ3v) is 3.73. The number of hydrogen-bond acceptors (Lipinski definition) is 6. The van der Waals surface area contributed by atoms with Gasteiger partial charge in [0.05, 0.1) is 5.75 Å². The van der Waals surface area contributed by atoms with Crippen LogP contribution in [0.2, 0.25) is 0 Å². The van der Waals surface area contributed by atoms with Crippen LogP contribution in [0.3, 0.4) is 0 Å². The first-order valence-corrected chi connectivity index (χ1v) is 7.32. The molecule has 1 amide bonds. The van der Waals surface area contributed by atoms with Crippen molar-refractivity contribution < 1.29 is 9.18 Å². The Morgan fingerprint density at radius 3 is 2.86 bits per heavy atom. The molecule has 7 nitrogen and oxygen atoms in total. The van der Waals surface area contributed by atoms with Gasteiger partial charge in [-0.05, 0) is 13.0 Å². The molecule has 22 heavy (non-hydrogen) atoms. The molecule has 1 heterocycles. The van der Waals surface area contributed by atoms with E-state index in [1.54, 1.807) is 18.2 Å². The van der Waals surface area contributed by atoms with Gasteiger partial charge in [0.1, 0.15) is 11.5 Å². The van der Waals surface area contributed by atoms with Gasteiger partial charge in [-0.1, -0.05) is 30.0 Å². The van der Waals surface area contributed by atoms with E-state index in [0.29, 0.717) is 5.56 Å². The van der Waals surface area contributed by atoms with Crippen LogP contribution in [0, 0.1) is 12.7 Å². The molecule has 0 atom stereocenters. The molecule has 0 unspecified atom stereocenters. The molecule has 1 aromatic carbocycles. The first kappa shape index (κ1) is 16.0. The van der Waals surface area contributed by atoms with Gasteiger partial charge in [-0.2, -0.15) is 4.68 Å². The summed E-state index contributed by atoms with van der Waals surface area (Å²) in [7, 11) is 0. The number of nitrogen functional groups attached to an aromatic ring is 1. The summed E-state index contributed by atoms with van der Waals surface area (Å²) in [6, 6.07) is 6.18. The van der Waals surface area contributed by atoms with Crippen molar-refractivity contribution in [3.8, 4) is 0 Å². The molecular weight excluding hydrogens is 309 g/mol. The van der Waals surface area contributed by atoms with Crippen LogP contribution < -0.4 is 16.7 Å². The summed E-state index contributed by atoms with van der Waals surface area (Å²) < 4.78 is 14.2. The van der Waals surface area contributed by atoms with Crippen LogP contribution in [0.15, 0.2) is 34.2 Å². The molecule has 9 heteroatoms. The Morgan fingerprint density at radius 1 is 1.41 bits per heavy atom. The van der Waals surface area contributed by atoms with Crippen molar-refractivity contribution in [1.82, 2.24) is 20.2 Å². The van der Waals surface area contributed by atoms with E-state index < -0.39 is 5.56 Å². The van der Waals surface area contributed by atoms with Crippen LogP contribution in [-0.2, 0) is 11.3 Å². The number of carbonyl (C=O) groups excluding carboxylic acids is 1. The average Bonchev–Trinajstić information content (AvgIpc) is 2.51. The van der Waals surface area contributed by atoms with Gasteiger partial charge in [-0.25, -0.2) is 4.39 Å². The van der Waals surface area contributed by atoms with Crippen molar-refractivity contribution in [3.05, 3.63) is 51.7 Å². The maximum absolute atomic E-state index is 13.4. The van der Waals surface area contributed by atoms with Crippen LogP contribution in [0.4, 0.5) is 4.39 Å². The van der Waals surface area contributed by atoms with Crippen LogP contribution in [0.5, 0.6) is 0 Å². The zero-order chi connectivity index (χ0) is 16.1. The van der Waals surface area contributed by atoms with Gasteiger partial charge in [0, 0.05) is 12.1 Å². The first-order valence-electron chi connectivity index (χ1n) is 6.33. The fourth-order valence-corrected chi connectivity index (χ4v) is 2.27. The largest absolute Gasteiger partial charge is 0.351 e. The highest BCUT2D eigenvalue weighted by molar-refractivity contribution is 7.99. The molecule has 1 aromatic heterocycles. The number of thioether (sulfide) groups is 1. The van der Waals surface area contributed by atoms with Gasteiger partial charge in [0.2, 0.25) is 11.1 Å². The second-order valence-electron chi connectivity index (χ2n) is 4.40. The number of halogens is 1. The molecule has 3 N–H and O–H groups in total. The predicted octanol–water partition coefficient (Wildman–Crippen LogP) is 0.208. The molecule has 2 aromatic rings. The zero-order valence-electron chi connectivity index (χ0n) is 11.7. The lowest BCUT2D eigenvalue weighted by Gasteiger charge is -2.07. The maximum atomic E-state index is 13.4. The number of carbonyl (C=O) groups is 1. The lowest BCUT2D eigenvalue weighted by molar-refractivity contribution is -0.118. The zero-order valence-corrected chi connectivity index (χ0v) is 12.6. The van der Waals surface area contributed by atoms with E-state index in [4.69, 9.17) is 5.84 Å². The predicted molar refractivity (Wildman–Crippen MR) is 80.2 cm³/mol. The van der Waals surface area contributed by atoms with Crippen molar-refractivity contribution in [3.63, 3.8) is 0 Å². The van der Waals surface area contributed by atoms with Gasteiger partial charge in [-0.15, -0.1) is 10.2 Å². The Kier molecular flexibility index (Phi) is 5.10. The number of nitrogens with two attached hydrogens (primary N) is 1. The fourth-order valence-electron chi connectivity index (χ4n) is 1.59. The smallest absolute Gasteiger partial charge is 0.294 e. The van der Waals surface area contributed by atoms with Crippen molar-refractivity contribution in [2.24, 2.45) is 0 Å². The first-order chi connectivity index (χ1) is 10.5. The summed E-state index contributed by atoms with van der Waals surface area (Å²) in [5.74, 6) is 4.83. The van der Waals surface area contributed by atoms with Gasteiger partial charge < -0.3 is 11.2 Å². The molecule has 116 valence electrons. The normalized spacial score (nSPS) is 10.5. The van der Waals surface area contributed by atoms with Gasteiger partial charge in [0.15, 0.2) is 0 Å². The third kappa shape index (κ3) is 3.82. The molecule has 0 aliphatic carbocycles. The molecular formula is C13H14FN5O2S. The van der Waals surface area contributed by atoms with Crippen LogP contribution in [0.25, 0.3) is 0 Å². The van der Waals surface area contributed by atoms with E-state index in [1.807, 2.05) is 0 Å². The molecule has 0 spiro atoms. The Balaban J connectivity index is 1.90. The van der Waals surface area contributed by atoms with Crippen molar-refractivity contribution in [2.45, 2.75) is 18.6 Å². The molecule has 0 fully saturated rings. The van der Waals surface area contributed by atoms with Crippen molar-refractivity contribution in [2.75, 3.05) is 11.6 Å². The molecule has 0 saturated carbocycles. The van der Waals surface area contributed by atoms with Crippen molar-refractivity contribution >= 4 is 17.7 Å². The molecule has 0 aliphatic rings. The highest BCUT2D eigenvalue weighted by Gasteiger charge is 2.10. The number of aromatic nitrogens is 3. The van der Waals surface area contributed by atoms with Gasteiger partial charge in [-0.3, -0.25) is 9.59 Å². The number of hydrogen-bond donors (Lipinski definition) is 2. The highest BCUT2D eigenvalue weighted by atomic mass is 32.2. The van der Waals surface area contributed by atoms with E-state index in [9.17, 15) is 14.0 Å². The van der Waals surface area contributed by atoms with E-state index >= 15 is 0 Å². The highest BCUT2D eigenvalue weighted by Crippen LogP contribution is 2.11. The number of nitrogens with one attached hydrogen (secondary N) is 1. The summed E-state index contributed by atoms with van der Waals surface area (Å²) in [5, 5.41) is 10.1. The number of benzene rings is 1. The van der Waals surface area contributed by atoms with Gasteiger partial charge in [0.25, 0.3) is 5.56 Å². The fraction of sp³-hybridized carbons (Fsp3) is 0.231. The minimum absolute atomic E-state index is 0.0111. The topological polar surface area (TPSA) is 103 Å². The molecule has 0 bridgehead atoms. The Hall–Kier alpha value is -2.42. The van der Waals surface area contributed by atoms with E-state index in [1.165, 1.54) is 13.0 Å². The summed E-state index contributed by atoms with van der Waals surface area (Å²) in [6.45, 7) is 1.58. The second kappa shape index (κ2) is 7.03. The SMILES string of the molecule is Cc1nnc(SCC(=O)NCc2ccccc2F)n(N)c1=O. The van der Waals surface area contributed by atoms with E-state index in [0.717, 1.165) is 16.4 Å². The molecule has 0 saturated heterocycles. The Morgan fingerprint density at radius 2 is 2.14 bits per heavy atom. The monoisotopic (exact) mass is 323 g/mol. The summed E-state index contributed by atoms with van der Waals surface area (Å²) in [5.41, 5.74) is 0.104. The lowest BCUT2D eigenvalue weighted by Crippen LogP contribution is -2.33. The molecule has 2 rings (SSSR count). The summed E-state index contributed by atoms with van der Waals surface area (Å²) in [4.78, 5) is 23.3. The summed E-state index contributed by atoms with van der Waals surface area (Å²) >= 11 is 0.976. The second-order valence-corrected chi connectivity index (χ2v) is 5.34. The van der Waals surface area contributed by atoms with E-state index in [-0.39, 0.29) is 34.9 Å². The lowest BCUT2D eigenvalue weighted by atomic mass is 10.2. The van der Waals surface area contributed by atoms with Gasteiger partial charge >= 0.3 is 0 Å². The minimum Gasteiger partial charge on any atom is -0.351 e. The maximum Gasteiger partial charge on any atom is 0.294 e. The molecule has 0 aliphatic heterocycles. The van der Waals surface area contributed by atoms with Crippen molar-refractivity contribution in [1.29, 1.82) is 0 Å². The standard InChI is InChI=1S/C13H14FN5O2S/c1-8-12(21)19(15)13(18-17-8)22-7-11(20)16-6-9-4-2-3-5-10(9)14/h2-5H,6-7,15H2,1H3,(H,16,20). The Labute approximate surface area is 129 Å². The van der Waals surface area contributed by atoms with Crippen LogP contribution in [0.1, 0.15) is 11.3 Å². The number of nitrogens with zero attached hydrogens (tertiary/aromatic N) is 3. The quantitative estimate of drug-likeness (QED) is 0.602. The number of rotatable bonds is 5. The number of amides is 1. The third-order valence-electron chi connectivity index (χ3n) is 2.79. The number of aryl methyl sites for hydroxylation is 1. The Bertz CT molecular complexity index is 749. The molecule has 0 radical (unpaired) electrons.